The van der Waals surface area contributed by atoms with Crippen molar-refractivity contribution in [3.8, 4) is 0 Å². The van der Waals surface area contributed by atoms with Gasteiger partial charge in [0.2, 0.25) is 0 Å². The Morgan fingerprint density at radius 3 is 2.20 bits per heavy atom. The fourth-order valence-corrected chi connectivity index (χ4v) is 4.50. The topological polar surface area (TPSA) is 3.24 Å². The Hall–Kier alpha value is -1.86. The lowest BCUT2D eigenvalue weighted by Crippen LogP contribution is -2.37. The molecule has 1 aliphatic heterocycles. The highest BCUT2D eigenvalue weighted by Gasteiger charge is 2.19. The van der Waals surface area contributed by atoms with Gasteiger partial charge < -0.3 is 4.90 Å². The monoisotopic (exact) mass is 331 g/mol. The van der Waals surface area contributed by atoms with Gasteiger partial charge in [0.1, 0.15) is 0 Å². The van der Waals surface area contributed by atoms with E-state index in [0.717, 1.165) is 25.3 Å². The van der Waals surface area contributed by atoms with Crippen molar-refractivity contribution in [3.05, 3.63) is 76.9 Å². The molecule has 0 radical (unpaired) electrons. The standard InChI is InChI=1S/C24H29N/c1-19-9-6-7-17-25(19)18-8-14-24-22-12-4-2-10-20(22)15-16-21-11-3-5-13-23(21)24/h2-5,10-14,19H,6-9,15-18H2,1H3. The van der Waals surface area contributed by atoms with E-state index in [9.17, 15) is 0 Å². The predicted molar refractivity (Wildman–Crippen MR) is 107 cm³/mol. The summed E-state index contributed by atoms with van der Waals surface area (Å²) in [4.78, 5) is 2.68. The first-order valence-electron chi connectivity index (χ1n) is 9.93. The van der Waals surface area contributed by atoms with Crippen LogP contribution < -0.4 is 0 Å². The van der Waals surface area contributed by atoms with E-state index in [2.05, 4.69) is 66.4 Å². The van der Waals surface area contributed by atoms with E-state index in [0.29, 0.717) is 0 Å². The average Bonchev–Trinajstić information content (AvgIpc) is 2.81. The number of benzene rings is 2. The van der Waals surface area contributed by atoms with Crippen molar-refractivity contribution < 1.29 is 0 Å². The normalized spacial score (nSPS) is 20.5. The molecule has 1 unspecified atom stereocenters. The Morgan fingerprint density at radius 1 is 0.920 bits per heavy atom. The Labute approximate surface area is 152 Å². The third-order valence-corrected chi connectivity index (χ3v) is 5.98. The lowest BCUT2D eigenvalue weighted by Gasteiger charge is -2.33. The molecular formula is C24H29N. The fourth-order valence-electron chi connectivity index (χ4n) is 4.50. The highest BCUT2D eigenvalue weighted by molar-refractivity contribution is 5.83. The molecule has 1 aliphatic carbocycles. The summed E-state index contributed by atoms with van der Waals surface area (Å²) in [5, 5.41) is 0. The van der Waals surface area contributed by atoms with Crippen LogP contribution in [0.15, 0.2) is 54.6 Å². The number of likely N-dealkylation sites (tertiary alicyclic amines) is 1. The van der Waals surface area contributed by atoms with Crippen molar-refractivity contribution in [2.24, 2.45) is 0 Å². The van der Waals surface area contributed by atoms with Gasteiger partial charge in [0, 0.05) is 12.6 Å². The molecular weight excluding hydrogens is 302 g/mol. The quantitative estimate of drug-likeness (QED) is 0.719. The second kappa shape index (κ2) is 7.58. The van der Waals surface area contributed by atoms with E-state index in [1.165, 1.54) is 60.2 Å². The zero-order valence-electron chi connectivity index (χ0n) is 15.4. The first kappa shape index (κ1) is 16.6. The van der Waals surface area contributed by atoms with Gasteiger partial charge in [0.15, 0.2) is 0 Å². The van der Waals surface area contributed by atoms with Gasteiger partial charge in [-0.15, -0.1) is 0 Å². The van der Waals surface area contributed by atoms with E-state index < -0.39 is 0 Å². The molecule has 1 heterocycles. The highest BCUT2D eigenvalue weighted by Crippen LogP contribution is 2.33. The minimum Gasteiger partial charge on any atom is -0.300 e. The van der Waals surface area contributed by atoms with Crippen molar-refractivity contribution in [1.29, 1.82) is 0 Å². The van der Waals surface area contributed by atoms with Crippen LogP contribution in [-0.2, 0) is 12.8 Å². The van der Waals surface area contributed by atoms with E-state index in [-0.39, 0.29) is 0 Å². The maximum atomic E-state index is 2.68. The molecule has 0 N–H and O–H groups in total. The van der Waals surface area contributed by atoms with Crippen molar-refractivity contribution >= 4 is 5.57 Å². The van der Waals surface area contributed by atoms with Crippen LogP contribution in [-0.4, -0.2) is 24.0 Å². The number of rotatable bonds is 3. The van der Waals surface area contributed by atoms with Crippen LogP contribution in [0.4, 0.5) is 0 Å². The molecule has 0 saturated carbocycles. The van der Waals surface area contributed by atoms with Gasteiger partial charge in [-0.2, -0.15) is 0 Å². The summed E-state index contributed by atoms with van der Waals surface area (Å²) in [5.41, 5.74) is 7.33. The van der Waals surface area contributed by atoms with Crippen LogP contribution in [0, 0.1) is 0 Å². The van der Waals surface area contributed by atoms with Crippen LogP contribution in [0.25, 0.3) is 5.57 Å². The molecule has 0 spiro atoms. The van der Waals surface area contributed by atoms with Crippen LogP contribution in [0.1, 0.15) is 54.9 Å². The van der Waals surface area contributed by atoms with E-state index in [4.69, 9.17) is 0 Å². The maximum Gasteiger partial charge on any atom is 0.00670 e. The smallest absolute Gasteiger partial charge is 0.00670 e. The minimum absolute atomic E-state index is 0.751. The predicted octanol–water partition coefficient (Wildman–Crippen LogP) is 5.48. The number of hydrogen-bond acceptors (Lipinski definition) is 1. The number of fused-ring (bicyclic) bond motifs is 2. The van der Waals surface area contributed by atoms with E-state index in [1.54, 1.807) is 0 Å². The maximum absolute atomic E-state index is 2.68. The largest absolute Gasteiger partial charge is 0.300 e. The molecule has 2 aromatic rings. The molecule has 4 rings (SSSR count). The van der Waals surface area contributed by atoms with Crippen LogP contribution >= 0.6 is 0 Å². The number of aryl methyl sites for hydroxylation is 2. The third-order valence-electron chi connectivity index (χ3n) is 5.98. The summed E-state index contributed by atoms with van der Waals surface area (Å²) in [6, 6.07) is 18.7. The second-order valence-corrected chi connectivity index (χ2v) is 7.60. The molecule has 1 atom stereocenters. The minimum atomic E-state index is 0.751. The lowest BCUT2D eigenvalue weighted by molar-refractivity contribution is 0.164. The Kier molecular flexibility index (Phi) is 5.03. The van der Waals surface area contributed by atoms with Gasteiger partial charge in [-0.05, 0) is 73.4 Å². The van der Waals surface area contributed by atoms with Gasteiger partial charge in [-0.1, -0.05) is 61.0 Å². The molecule has 1 heteroatoms. The Bertz CT molecular complexity index is 709. The summed E-state index contributed by atoms with van der Waals surface area (Å²) in [6.45, 7) is 4.86. The van der Waals surface area contributed by atoms with Gasteiger partial charge in [-0.3, -0.25) is 0 Å². The van der Waals surface area contributed by atoms with Crippen LogP contribution in [0.5, 0.6) is 0 Å². The summed E-state index contributed by atoms with van der Waals surface area (Å²) in [6.07, 6.45) is 10.1. The summed E-state index contributed by atoms with van der Waals surface area (Å²) in [7, 11) is 0. The number of nitrogens with zero attached hydrogens (tertiary/aromatic N) is 1. The van der Waals surface area contributed by atoms with Crippen molar-refractivity contribution in [1.82, 2.24) is 4.90 Å². The molecule has 130 valence electrons. The van der Waals surface area contributed by atoms with Crippen LogP contribution in [0.2, 0.25) is 0 Å². The first-order valence-corrected chi connectivity index (χ1v) is 9.93. The molecule has 0 aromatic heterocycles. The second-order valence-electron chi connectivity index (χ2n) is 7.60. The summed E-state index contributed by atoms with van der Waals surface area (Å²) in [5.74, 6) is 0. The van der Waals surface area contributed by atoms with E-state index >= 15 is 0 Å². The zero-order valence-corrected chi connectivity index (χ0v) is 15.4. The molecule has 1 fully saturated rings. The molecule has 0 bridgehead atoms. The first-order chi connectivity index (χ1) is 12.3. The van der Waals surface area contributed by atoms with Crippen molar-refractivity contribution in [3.63, 3.8) is 0 Å². The molecule has 1 nitrogen and oxygen atoms in total. The van der Waals surface area contributed by atoms with Gasteiger partial charge in [0.25, 0.3) is 0 Å². The number of hydrogen-bond donors (Lipinski definition) is 0. The SMILES string of the molecule is CC1CCCCN1CCC=C1c2ccccc2CCc2ccccc21. The summed E-state index contributed by atoms with van der Waals surface area (Å²) < 4.78 is 0. The Balaban J connectivity index is 1.63. The van der Waals surface area contributed by atoms with Gasteiger partial charge >= 0.3 is 0 Å². The number of piperidine rings is 1. The molecule has 2 aromatic carbocycles. The van der Waals surface area contributed by atoms with E-state index in [1.807, 2.05) is 0 Å². The molecule has 0 amide bonds. The van der Waals surface area contributed by atoms with Gasteiger partial charge in [0.05, 0.1) is 0 Å². The average molecular weight is 332 g/mol. The van der Waals surface area contributed by atoms with Crippen molar-refractivity contribution in [2.75, 3.05) is 13.1 Å². The molecule has 1 saturated heterocycles. The summed E-state index contributed by atoms with van der Waals surface area (Å²) >= 11 is 0. The van der Waals surface area contributed by atoms with Crippen molar-refractivity contribution in [2.45, 2.75) is 51.5 Å². The molecule has 2 aliphatic rings. The lowest BCUT2D eigenvalue weighted by atomic mass is 9.93. The highest BCUT2D eigenvalue weighted by atomic mass is 15.1. The fraction of sp³-hybridized carbons (Fsp3) is 0.417. The Morgan fingerprint density at radius 2 is 1.56 bits per heavy atom. The zero-order chi connectivity index (χ0) is 17.1. The molecule has 25 heavy (non-hydrogen) atoms. The van der Waals surface area contributed by atoms with Gasteiger partial charge in [-0.25, -0.2) is 0 Å². The third kappa shape index (κ3) is 3.57. The van der Waals surface area contributed by atoms with Crippen LogP contribution in [0.3, 0.4) is 0 Å².